The molecule has 0 spiro atoms. The van der Waals surface area contributed by atoms with Gasteiger partial charge in [0.1, 0.15) is 5.75 Å². The molecule has 27 heavy (non-hydrogen) atoms. The summed E-state index contributed by atoms with van der Waals surface area (Å²) in [5.41, 5.74) is 5.89. The van der Waals surface area contributed by atoms with E-state index in [2.05, 4.69) is 15.8 Å². The van der Waals surface area contributed by atoms with Crippen LogP contribution in [0.5, 0.6) is 5.75 Å². The van der Waals surface area contributed by atoms with E-state index in [0.29, 0.717) is 16.3 Å². The van der Waals surface area contributed by atoms with Crippen LogP contribution in [0.2, 0.25) is 5.02 Å². The van der Waals surface area contributed by atoms with Gasteiger partial charge >= 0.3 is 0 Å². The molecule has 0 heterocycles. The first-order chi connectivity index (χ1) is 12.9. The molecular formula is C20H22ClN3O3. The van der Waals surface area contributed by atoms with E-state index >= 15 is 0 Å². The van der Waals surface area contributed by atoms with Crippen molar-refractivity contribution >= 4 is 35.3 Å². The molecule has 7 heteroatoms. The van der Waals surface area contributed by atoms with E-state index in [1.54, 1.807) is 18.2 Å². The van der Waals surface area contributed by atoms with Gasteiger partial charge in [0.05, 0.1) is 13.3 Å². The molecule has 0 aliphatic carbocycles. The first kappa shape index (κ1) is 20.5. The van der Waals surface area contributed by atoms with Gasteiger partial charge in [-0.1, -0.05) is 23.7 Å². The van der Waals surface area contributed by atoms with Crippen LogP contribution in [-0.4, -0.2) is 25.1 Å². The summed E-state index contributed by atoms with van der Waals surface area (Å²) in [5, 5.41) is 7.24. The Balaban J connectivity index is 1.83. The number of hydrogen-bond acceptors (Lipinski definition) is 4. The van der Waals surface area contributed by atoms with Crippen LogP contribution in [-0.2, 0) is 9.59 Å². The van der Waals surface area contributed by atoms with Crippen molar-refractivity contribution in [3.63, 3.8) is 0 Å². The second kappa shape index (κ2) is 9.73. The molecule has 0 aromatic heterocycles. The Morgan fingerprint density at radius 3 is 2.63 bits per heavy atom. The van der Waals surface area contributed by atoms with Gasteiger partial charge in [-0.2, -0.15) is 5.10 Å². The molecule has 0 bridgehead atoms. The highest BCUT2D eigenvalue weighted by Gasteiger charge is 2.09. The van der Waals surface area contributed by atoms with Gasteiger partial charge in [0.2, 0.25) is 11.8 Å². The molecule has 0 fully saturated rings. The number of anilines is 1. The lowest BCUT2D eigenvalue weighted by molar-refractivity contribution is -0.124. The quantitative estimate of drug-likeness (QED) is 0.559. The number of hydrogen-bond donors (Lipinski definition) is 2. The van der Waals surface area contributed by atoms with Crippen molar-refractivity contribution < 1.29 is 14.3 Å². The zero-order chi connectivity index (χ0) is 19.8. The first-order valence-electron chi connectivity index (χ1n) is 8.42. The Morgan fingerprint density at radius 1 is 1.15 bits per heavy atom. The van der Waals surface area contributed by atoms with Crippen LogP contribution in [0.3, 0.4) is 0 Å². The fourth-order valence-electron chi connectivity index (χ4n) is 2.36. The van der Waals surface area contributed by atoms with Gasteiger partial charge in [-0.15, -0.1) is 0 Å². The topological polar surface area (TPSA) is 79.8 Å². The third-order valence-corrected chi connectivity index (χ3v) is 4.28. The van der Waals surface area contributed by atoms with Gasteiger partial charge in [0.15, 0.2) is 0 Å². The lowest BCUT2D eigenvalue weighted by Gasteiger charge is -2.10. The molecule has 6 nitrogen and oxygen atoms in total. The number of aryl methyl sites for hydroxylation is 1. The molecule has 0 saturated carbocycles. The maximum Gasteiger partial charge on any atom is 0.240 e. The highest BCUT2D eigenvalue weighted by molar-refractivity contribution is 6.30. The van der Waals surface area contributed by atoms with Gasteiger partial charge in [0, 0.05) is 29.1 Å². The fourth-order valence-corrected chi connectivity index (χ4v) is 2.54. The SMILES string of the molecule is COc1ccc(Cl)cc1C=NNC(=O)CCC(=O)Nc1cccc(C)c1C. The summed E-state index contributed by atoms with van der Waals surface area (Å²) in [4.78, 5) is 23.9. The molecule has 0 radical (unpaired) electrons. The van der Waals surface area contributed by atoms with Gasteiger partial charge in [0.25, 0.3) is 0 Å². The van der Waals surface area contributed by atoms with Crippen molar-refractivity contribution in [3.05, 3.63) is 58.1 Å². The van der Waals surface area contributed by atoms with Crippen LogP contribution >= 0.6 is 11.6 Å². The van der Waals surface area contributed by atoms with Crippen molar-refractivity contribution in [1.82, 2.24) is 5.43 Å². The molecule has 0 atom stereocenters. The van der Waals surface area contributed by atoms with E-state index < -0.39 is 0 Å². The molecule has 0 aliphatic heterocycles. The molecule has 2 N–H and O–H groups in total. The smallest absolute Gasteiger partial charge is 0.240 e. The molecule has 0 saturated heterocycles. The molecule has 0 unspecified atom stereocenters. The van der Waals surface area contributed by atoms with Gasteiger partial charge < -0.3 is 10.1 Å². The number of rotatable bonds is 7. The Labute approximate surface area is 163 Å². The second-order valence-corrected chi connectivity index (χ2v) is 6.41. The van der Waals surface area contributed by atoms with Crippen LogP contribution < -0.4 is 15.5 Å². The van der Waals surface area contributed by atoms with Crippen molar-refractivity contribution in [2.75, 3.05) is 12.4 Å². The minimum Gasteiger partial charge on any atom is -0.496 e. The van der Waals surface area contributed by atoms with E-state index in [-0.39, 0.29) is 24.7 Å². The standard InChI is InChI=1S/C20H22ClN3O3/c1-13-5-4-6-17(14(13)2)23-19(25)9-10-20(26)24-22-12-15-11-16(21)7-8-18(15)27-3/h4-8,11-12H,9-10H2,1-3H3,(H,23,25)(H,24,26). The summed E-state index contributed by atoms with van der Waals surface area (Å²) in [5.74, 6) is 0.00741. The lowest BCUT2D eigenvalue weighted by atomic mass is 10.1. The zero-order valence-corrected chi connectivity index (χ0v) is 16.3. The number of carbonyl (C=O) groups is 2. The van der Waals surface area contributed by atoms with E-state index in [4.69, 9.17) is 16.3 Å². The number of nitrogens with one attached hydrogen (secondary N) is 2. The highest BCUT2D eigenvalue weighted by Crippen LogP contribution is 2.21. The average Bonchev–Trinajstić information content (AvgIpc) is 2.64. The minimum atomic E-state index is -0.358. The van der Waals surface area contributed by atoms with Crippen molar-refractivity contribution in [3.8, 4) is 5.75 Å². The summed E-state index contributed by atoms with van der Waals surface area (Å²) in [6.07, 6.45) is 1.54. The number of benzene rings is 2. The number of ether oxygens (including phenoxy) is 1. The third kappa shape index (κ3) is 6.11. The summed E-state index contributed by atoms with van der Waals surface area (Å²) in [7, 11) is 1.54. The van der Waals surface area contributed by atoms with Crippen LogP contribution in [0.25, 0.3) is 0 Å². The number of nitrogens with zero attached hydrogens (tertiary/aromatic N) is 1. The summed E-state index contributed by atoms with van der Waals surface area (Å²) >= 11 is 5.94. The molecule has 2 amide bonds. The predicted octanol–water partition coefficient (Wildman–Crippen LogP) is 3.83. The Bertz CT molecular complexity index is 866. The summed E-state index contributed by atoms with van der Waals surface area (Å²) < 4.78 is 5.20. The van der Waals surface area contributed by atoms with Gasteiger partial charge in [-0.05, 0) is 49.2 Å². The number of methoxy groups -OCH3 is 1. The first-order valence-corrected chi connectivity index (χ1v) is 8.80. The van der Waals surface area contributed by atoms with Crippen LogP contribution in [0.15, 0.2) is 41.5 Å². The Morgan fingerprint density at radius 2 is 1.89 bits per heavy atom. The monoisotopic (exact) mass is 387 g/mol. The van der Waals surface area contributed by atoms with Crippen LogP contribution in [0.4, 0.5) is 5.69 Å². The second-order valence-electron chi connectivity index (χ2n) is 5.98. The molecular weight excluding hydrogens is 366 g/mol. The average molecular weight is 388 g/mol. The lowest BCUT2D eigenvalue weighted by Crippen LogP contribution is -2.21. The highest BCUT2D eigenvalue weighted by atomic mass is 35.5. The molecule has 0 aliphatic rings. The van der Waals surface area contributed by atoms with Crippen molar-refractivity contribution in [2.24, 2.45) is 5.10 Å². The third-order valence-electron chi connectivity index (χ3n) is 4.04. The number of carbonyl (C=O) groups excluding carboxylic acids is 2. The van der Waals surface area contributed by atoms with Crippen molar-refractivity contribution in [1.29, 1.82) is 0 Å². The van der Waals surface area contributed by atoms with Crippen LogP contribution in [0.1, 0.15) is 29.5 Å². The number of hydrazone groups is 1. The molecule has 142 valence electrons. The Hall–Kier alpha value is -2.86. The summed E-state index contributed by atoms with van der Waals surface area (Å²) in [6.45, 7) is 3.92. The summed E-state index contributed by atoms with van der Waals surface area (Å²) in [6, 6.07) is 10.8. The predicted molar refractivity (Wildman–Crippen MR) is 108 cm³/mol. The number of halogens is 1. The maximum absolute atomic E-state index is 12.0. The fraction of sp³-hybridized carbons (Fsp3) is 0.250. The number of amides is 2. The Kier molecular flexibility index (Phi) is 7.37. The van der Waals surface area contributed by atoms with E-state index in [1.165, 1.54) is 13.3 Å². The molecule has 2 aromatic rings. The van der Waals surface area contributed by atoms with Gasteiger partial charge in [-0.25, -0.2) is 5.43 Å². The molecule has 2 rings (SSSR count). The zero-order valence-electron chi connectivity index (χ0n) is 15.5. The maximum atomic E-state index is 12.0. The normalized spacial score (nSPS) is 10.7. The van der Waals surface area contributed by atoms with Crippen LogP contribution in [0, 0.1) is 13.8 Å². The van der Waals surface area contributed by atoms with Crippen molar-refractivity contribution in [2.45, 2.75) is 26.7 Å². The van der Waals surface area contributed by atoms with E-state index in [0.717, 1.165) is 16.8 Å². The molecule has 2 aromatic carbocycles. The van der Waals surface area contributed by atoms with E-state index in [1.807, 2.05) is 32.0 Å². The minimum absolute atomic E-state index is 0.0285. The largest absolute Gasteiger partial charge is 0.496 e. The van der Waals surface area contributed by atoms with Gasteiger partial charge in [-0.3, -0.25) is 9.59 Å². The van der Waals surface area contributed by atoms with E-state index in [9.17, 15) is 9.59 Å².